The fourth-order valence-corrected chi connectivity index (χ4v) is 2.79. The summed E-state index contributed by atoms with van der Waals surface area (Å²) < 4.78 is 1.83. The van der Waals surface area contributed by atoms with Crippen LogP contribution in [0, 0.1) is 5.92 Å². The van der Waals surface area contributed by atoms with Gasteiger partial charge in [0, 0.05) is 32.4 Å². The minimum Gasteiger partial charge on any atom is -0.343 e. The van der Waals surface area contributed by atoms with E-state index in [2.05, 4.69) is 15.0 Å². The average molecular weight is 285 g/mol. The molecule has 6 heteroatoms. The van der Waals surface area contributed by atoms with Crippen LogP contribution in [0.5, 0.6) is 0 Å². The molecule has 2 aromatic heterocycles. The van der Waals surface area contributed by atoms with Gasteiger partial charge in [-0.05, 0) is 25.2 Å². The molecule has 0 N–H and O–H groups in total. The van der Waals surface area contributed by atoms with Crippen molar-refractivity contribution in [2.45, 2.75) is 26.2 Å². The minimum absolute atomic E-state index is 0.168. The summed E-state index contributed by atoms with van der Waals surface area (Å²) in [6, 6.07) is 0. The van der Waals surface area contributed by atoms with Gasteiger partial charge in [-0.1, -0.05) is 0 Å². The molecule has 0 spiro atoms. The van der Waals surface area contributed by atoms with Crippen LogP contribution < -0.4 is 0 Å². The number of amides is 1. The van der Waals surface area contributed by atoms with Crippen LogP contribution in [0.4, 0.5) is 0 Å². The van der Waals surface area contributed by atoms with Gasteiger partial charge < -0.3 is 4.90 Å². The van der Waals surface area contributed by atoms with Gasteiger partial charge in [0.2, 0.25) is 5.91 Å². The molecule has 1 aliphatic rings. The first-order valence-corrected chi connectivity index (χ1v) is 7.27. The quantitative estimate of drug-likeness (QED) is 0.856. The molecule has 1 aliphatic heterocycles. The predicted molar refractivity (Wildman–Crippen MR) is 77.8 cm³/mol. The van der Waals surface area contributed by atoms with E-state index in [1.54, 1.807) is 25.6 Å². The molecule has 1 saturated heterocycles. The van der Waals surface area contributed by atoms with Gasteiger partial charge in [-0.15, -0.1) is 0 Å². The highest BCUT2D eigenvalue weighted by molar-refractivity contribution is 5.73. The summed E-state index contributed by atoms with van der Waals surface area (Å²) >= 11 is 0. The Kier molecular flexibility index (Phi) is 3.94. The van der Waals surface area contributed by atoms with E-state index >= 15 is 0 Å². The maximum atomic E-state index is 11.5. The number of aromatic nitrogens is 4. The van der Waals surface area contributed by atoms with Crippen molar-refractivity contribution in [2.24, 2.45) is 5.92 Å². The van der Waals surface area contributed by atoms with Crippen molar-refractivity contribution < 1.29 is 4.79 Å². The van der Waals surface area contributed by atoms with Crippen molar-refractivity contribution in [2.75, 3.05) is 13.1 Å². The first kappa shape index (κ1) is 13.7. The zero-order valence-corrected chi connectivity index (χ0v) is 12.1. The van der Waals surface area contributed by atoms with Gasteiger partial charge >= 0.3 is 0 Å². The molecular formula is C15H19N5O. The Morgan fingerprint density at radius 1 is 1.38 bits per heavy atom. The van der Waals surface area contributed by atoms with Crippen LogP contribution in [0.2, 0.25) is 0 Å². The van der Waals surface area contributed by atoms with Crippen LogP contribution >= 0.6 is 0 Å². The SMILES string of the molecule is CC(=O)N1CCC[C@H](Cc2cnc(-n3ccnc3)cn2)C1. The number of hydrogen-bond donors (Lipinski definition) is 0. The van der Waals surface area contributed by atoms with Crippen LogP contribution in [0.1, 0.15) is 25.5 Å². The highest BCUT2D eigenvalue weighted by atomic mass is 16.2. The molecule has 0 radical (unpaired) electrons. The second-order valence-corrected chi connectivity index (χ2v) is 5.51. The fraction of sp³-hybridized carbons (Fsp3) is 0.467. The number of rotatable bonds is 3. The number of carbonyl (C=O) groups excluding carboxylic acids is 1. The molecule has 3 rings (SSSR count). The standard InChI is InChI=1S/C15H19N5O/c1-12(21)19-5-2-3-13(10-19)7-14-8-18-15(9-17-14)20-6-4-16-11-20/h4,6,8-9,11,13H,2-3,5,7,10H2,1H3/t13-/m1/s1. The van der Waals surface area contributed by atoms with E-state index in [9.17, 15) is 4.79 Å². The largest absolute Gasteiger partial charge is 0.343 e. The molecule has 0 bridgehead atoms. The Labute approximate surface area is 123 Å². The Bertz CT molecular complexity index is 593. The highest BCUT2D eigenvalue weighted by Crippen LogP contribution is 2.20. The van der Waals surface area contributed by atoms with Gasteiger partial charge in [-0.3, -0.25) is 14.3 Å². The molecule has 110 valence electrons. The lowest BCUT2D eigenvalue weighted by Crippen LogP contribution is -2.39. The summed E-state index contributed by atoms with van der Waals surface area (Å²) in [5.41, 5.74) is 0.981. The molecule has 1 amide bonds. The topological polar surface area (TPSA) is 63.9 Å². The van der Waals surface area contributed by atoms with Gasteiger partial charge in [0.1, 0.15) is 6.33 Å². The zero-order chi connectivity index (χ0) is 14.7. The van der Waals surface area contributed by atoms with Gasteiger partial charge in [-0.25, -0.2) is 9.97 Å². The summed E-state index contributed by atoms with van der Waals surface area (Å²) in [6.45, 7) is 3.36. The van der Waals surface area contributed by atoms with Crippen molar-refractivity contribution in [3.05, 3.63) is 36.8 Å². The monoisotopic (exact) mass is 285 g/mol. The van der Waals surface area contributed by atoms with E-state index in [1.807, 2.05) is 21.9 Å². The summed E-state index contributed by atoms with van der Waals surface area (Å²) in [7, 11) is 0. The highest BCUT2D eigenvalue weighted by Gasteiger charge is 2.22. The number of nitrogens with zero attached hydrogens (tertiary/aromatic N) is 5. The molecule has 0 saturated carbocycles. The molecular weight excluding hydrogens is 266 g/mol. The Morgan fingerprint density at radius 3 is 2.95 bits per heavy atom. The summed E-state index contributed by atoms with van der Waals surface area (Å²) in [5.74, 6) is 1.42. The maximum absolute atomic E-state index is 11.5. The number of hydrogen-bond acceptors (Lipinski definition) is 4. The van der Waals surface area contributed by atoms with Crippen molar-refractivity contribution in [3.8, 4) is 5.82 Å². The molecule has 21 heavy (non-hydrogen) atoms. The summed E-state index contributed by atoms with van der Waals surface area (Å²) in [4.78, 5) is 26.3. The van der Waals surface area contributed by atoms with E-state index in [1.165, 1.54) is 0 Å². The number of likely N-dealkylation sites (tertiary alicyclic amines) is 1. The summed E-state index contributed by atoms with van der Waals surface area (Å²) in [6.07, 6.45) is 11.9. The van der Waals surface area contributed by atoms with Crippen LogP contribution in [0.15, 0.2) is 31.1 Å². The van der Waals surface area contributed by atoms with E-state index in [0.717, 1.165) is 43.9 Å². The third-order valence-electron chi connectivity index (χ3n) is 3.92. The number of imidazole rings is 1. The number of piperidine rings is 1. The number of carbonyl (C=O) groups is 1. The first-order chi connectivity index (χ1) is 10.2. The van der Waals surface area contributed by atoms with E-state index < -0.39 is 0 Å². The van der Waals surface area contributed by atoms with Crippen LogP contribution in [-0.2, 0) is 11.2 Å². The van der Waals surface area contributed by atoms with Gasteiger partial charge in [0.15, 0.2) is 5.82 Å². The van der Waals surface area contributed by atoms with Gasteiger partial charge in [0.25, 0.3) is 0 Å². The summed E-state index contributed by atoms with van der Waals surface area (Å²) in [5, 5.41) is 0. The first-order valence-electron chi connectivity index (χ1n) is 7.27. The third kappa shape index (κ3) is 3.26. The third-order valence-corrected chi connectivity index (χ3v) is 3.92. The molecule has 1 fully saturated rings. The average Bonchev–Trinajstić information content (AvgIpc) is 3.02. The Balaban J connectivity index is 1.64. The lowest BCUT2D eigenvalue weighted by atomic mass is 9.93. The normalized spacial score (nSPS) is 18.7. The van der Waals surface area contributed by atoms with Gasteiger partial charge in [-0.2, -0.15) is 0 Å². The molecule has 1 atom stereocenters. The maximum Gasteiger partial charge on any atom is 0.219 e. The second-order valence-electron chi connectivity index (χ2n) is 5.51. The Morgan fingerprint density at radius 2 is 2.29 bits per heavy atom. The van der Waals surface area contributed by atoms with Crippen LogP contribution in [-0.4, -0.2) is 43.4 Å². The molecule has 6 nitrogen and oxygen atoms in total. The molecule has 0 aliphatic carbocycles. The molecule has 0 unspecified atom stereocenters. The fourth-order valence-electron chi connectivity index (χ4n) is 2.79. The predicted octanol–water partition coefficient (Wildman–Crippen LogP) is 1.46. The smallest absolute Gasteiger partial charge is 0.219 e. The van der Waals surface area contributed by atoms with E-state index in [4.69, 9.17) is 0 Å². The minimum atomic E-state index is 0.168. The zero-order valence-electron chi connectivity index (χ0n) is 12.1. The molecule has 3 heterocycles. The Hall–Kier alpha value is -2.24. The van der Waals surface area contributed by atoms with Gasteiger partial charge in [0.05, 0.1) is 18.1 Å². The second kappa shape index (κ2) is 6.03. The van der Waals surface area contributed by atoms with Crippen LogP contribution in [0.3, 0.4) is 0 Å². The molecule has 0 aromatic carbocycles. The van der Waals surface area contributed by atoms with Crippen molar-refractivity contribution in [1.82, 2.24) is 24.4 Å². The van der Waals surface area contributed by atoms with Crippen molar-refractivity contribution in [1.29, 1.82) is 0 Å². The van der Waals surface area contributed by atoms with Crippen molar-refractivity contribution >= 4 is 5.91 Å². The lowest BCUT2D eigenvalue weighted by Gasteiger charge is -2.31. The van der Waals surface area contributed by atoms with Crippen molar-refractivity contribution in [3.63, 3.8) is 0 Å². The van der Waals surface area contributed by atoms with E-state index in [0.29, 0.717) is 5.92 Å². The van der Waals surface area contributed by atoms with E-state index in [-0.39, 0.29) is 5.91 Å². The van der Waals surface area contributed by atoms with Crippen LogP contribution in [0.25, 0.3) is 5.82 Å². The lowest BCUT2D eigenvalue weighted by molar-refractivity contribution is -0.130. The molecule has 2 aromatic rings.